The molecule has 204 valence electrons. The largest absolute Gasteiger partial charge is 0.493 e. The normalized spacial score (nSPS) is 14.8. The fourth-order valence-electron chi connectivity index (χ4n) is 4.59. The molecular formula is C31H28N2O6S. The number of aromatic nitrogens is 1. The number of hydrogen-bond acceptors (Lipinski definition) is 8. The van der Waals surface area contributed by atoms with Crippen LogP contribution in [0.1, 0.15) is 29.7 Å². The van der Waals surface area contributed by atoms with Crippen molar-refractivity contribution in [3.8, 4) is 17.2 Å². The van der Waals surface area contributed by atoms with E-state index in [2.05, 4.69) is 4.99 Å². The number of carbonyl (C=O) groups excluding carboxylic acids is 1. The highest BCUT2D eigenvalue weighted by Gasteiger charge is 2.33. The van der Waals surface area contributed by atoms with Crippen LogP contribution in [0.25, 0.3) is 6.08 Å². The minimum atomic E-state index is -0.709. The van der Waals surface area contributed by atoms with Crippen molar-refractivity contribution in [1.29, 1.82) is 0 Å². The number of methoxy groups -OCH3 is 3. The highest BCUT2D eigenvalue weighted by molar-refractivity contribution is 7.07. The van der Waals surface area contributed by atoms with Gasteiger partial charge in [0.2, 0.25) is 0 Å². The van der Waals surface area contributed by atoms with E-state index in [9.17, 15) is 9.59 Å². The third-order valence-corrected chi connectivity index (χ3v) is 7.56. The molecular weight excluding hydrogens is 528 g/mol. The number of fused-ring (bicyclic) bond motifs is 1. The Hall–Kier alpha value is -4.63. The molecule has 0 fully saturated rings. The summed E-state index contributed by atoms with van der Waals surface area (Å²) in [6, 6.07) is 22.0. The van der Waals surface area contributed by atoms with E-state index in [1.165, 1.54) is 18.4 Å². The number of rotatable bonds is 8. The Bertz CT molecular complexity index is 1750. The van der Waals surface area contributed by atoms with Gasteiger partial charge in [0.1, 0.15) is 12.4 Å². The fourth-order valence-corrected chi connectivity index (χ4v) is 5.64. The molecule has 1 aliphatic heterocycles. The number of ether oxygens (including phenoxy) is 4. The van der Waals surface area contributed by atoms with E-state index < -0.39 is 12.0 Å². The lowest BCUT2D eigenvalue weighted by atomic mass is 9.96. The summed E-state index contributed by atoms with van der Waals surface area (Å²) in [5.74, 6) is 1.29. The van der Waals surface area contributed by atoms with Crippen LogP contribution in [-0.2, 0) is 16.1 Å². The number of carbonyl (C=O) groups is 1. The van der Waals surface area contributed by atoms with Crippen molar-refractivity contribution < 1.29 is 23.7 Å². The Balaban J connectivity index is 1.56. The fraction of sp³-hybridized carbons (Fsp3) is 0.194. The summed E-state index contributed by atoms with van der Waals surface area (Å²) in [7, 11) is 4.45. The van der Waals surface area contributed by atoms with Crippen LogP contribution in [0.4, 0.5) is 0 Å². The van der Waals surface area contributed by atoms with E-state index in [1.54, 1.807) is 43.9 Å². The van der Waals surface area contributed by atoms with Crippen LogP contribution in [0.3, 0.4) is 0 Å². The second kappa shape index (κ2) is 11.6. The SMILES string of the molecule is COC(=O)C1=C(C)N=c2s/c(=C\c3ccc(OC)c(OC)c3)c(=O)n2C1c1ccc(OCc2ccccc2)cc1. The first-order valence-electron chi connectivity index (χ1n) is 12.5. The van der Waals surface area contributed by atoms with Crippen LogP contribution in [-0.4, -0.2) is 31.9 Å². The molecule has 0 aliphatic carbocycles. The summed E-state index contributed by atoms with van der Waals surface area (Å²) >= 11 is 1.26. The molecule has 0 saturated carbocycles. The van der Waals surface area contributed by atoms with Gasteiger partial charge in [-0.25, -0.2) is 9.79 Å². The summed E-state index contributed by atoms with van der Waals surface area (Å²) < 4.78 is 23.8. The number of benzene rings is 3. The Kier molecular flexibility index (Phi) is 7.84. The maximum atomic E-state index is 13.8. The Morgan fingerprint density at radius 2 is 1.70 bits per heavy atom. The lowest BCUT2D eigenvalue weighted by Gasteiger charge is -2.24. The quantitative estimate of drug-likeness (QED) is 0.305. The van der Waals surface area contributed by atoms with E-state index >= 15 is 0 Å². The number of nitrogens with zero attached hydrogens (tertiary/aromatic N) is 2. The zero-order chi connectivity index (χ0) is 28.2. The zero-order valence-corrected chi connectivity index (χ0v) is 23.4. The molecule has 8 nitrogen and oxygen atoms in total. The molecule has 3 aromatic carbocycles. The first-order valence-corrected chi connectivity index (χ1v) is 13.3. The van der Waals surface area contributed by atoms with Gasteiger partial charge in [0.15, 0.2) is 16.3 Å². The van der Waals surface area contributed by atoms with Gasteiger partial charge in [0.25, 0.3) is 5.56 Å². The molecule has 5 rings (SSSR count). The van der Waals surface area contributed by atoms with Gasteiger partial charge in [0, 0.05) is 0 Å². The lowest BCUT2D eigenvalue weighted by Crippen LogP contribution is -2.39. The van der Waals surface area contributed by atoms with Crippen LogP contribution in [0, 0.1) is 0 Å². The maximum absolute atomic E-state index is 13.8. The van der Waals surface area contributed by atoms with Crippen LogP contribution >= 0.6 is 11.3 Å². The van der Waals surface area contributed by atoms with Crippen molar-refractivity contribution in [1.82, 2.24) is 4.57 Å². The van der Waals surface area contributed by atoms with Crippen molar-refractivity contribution >= 4 is 23.4 Å². The molecule has 9 heteroatoms. The molecule has 1 aromatic heterocycles. The standard InChI is InChI=1S/C31H28N2O6S/c1-19-27(30(35)38-4)28(22-11-13-23(14-12-22)39-18-20-8-6-5-7-9-20)33-29(34)26(40-31(33)32-19)17-21-10-15-24(36-2)25(16-21)37-3/h5-17,28H,18H2,1-4H3/b26-17-. The van der Waals surface area contributed by atoms with Gasteiger partial charge in [-0.1, -0.05) is 59.9 Å². The average molecular weight is 557 g/mol. The first-order chi connectivity index (χ1) is 19.4. The summed E-state index contributed by atoms with van der Waals surface area (Å²) in [6.07, 6.45) is 1.78. The predicted octanol–water partition coefficient (Wildman–Crippen LogP) is 4.00. The van der Waals surface area contributed by atoms with Crippen LogP contribution in [0.5, 0.6) is 17.2 Å². The van der Waals surface area contributed by atoms with E-state index in [4.69, 9.17) is 18.9 Å². The number of thiazole rings is 1. The first kappa shape index (κ1) is 27.0. The van der Waals surface area contributed by atoms with Crippen molar-refractivity contribution in [2.45, 2.75) is 19.6 Å². The Morgan fingerprint density at radius 1 is 0.975 bits per heavy atom. The van der Waals surface area contributed by atoms with Crippen LogP contribution in [0.2, 0.25) is 0 Å². The predicted molar refractivity (Wildman–Crippen MR) is 153 cm³/mol. The molecule has 0 radical (unpaired) electrons. The van der Waals surface area contributed by atoms with Crippen molar-refractivity contribution in [3.05, 3.63) is 120 Å². The van der Waals surface area contributed by atoms with Crippen LogP contribution < -0.4 is 29.1 Å². The molecule has 2 heterocycles. The second-order valence-corrected chi connectivity index (χ2v) is 10.0. The topological polar surface area (TPSA) is 88.4 Å². The minimum Gasteiger partial charge on any atom is -0.493 e. The van der Waals surface area contributed by atoms with E-state index in [0.29, 0.717) is 44.5 Å². The molecule has 0 bridgehead atoms. The smallest absolute Gasteiger partial charge is 0.338 e. The molecule has 1 unspecified atom stereocenters. The molecule has 1 atom stereocenters. The van der Waals surface area contributed by atoms with Crippen LogP contribution in [0.15, 0.2) is 93.9 Å². The Morgan fingerprint density at radius 3 is 2.38 bits per heavy atom. The highest BCUT2D eigenvalue weighted by Crippen LogP contribution is 2.32. The number of allylic oxidation sites excluding steroid dienone is 1. The monoisotopic (exact) mass is 556 g/mol. The van der Waals surface area contributed by atoms with Crippen molar-refractivity contribution in [2.24, 2.45) is 4.99 Å². The average Bonchev–Trinajstić information content (AvgIpc) is 3.29. The van der Waals surface area contributed by atoms with Gasteiger partial charge in [-0.3, -0.25) is 9.36 Å². The summed E-state index contributed by atoms with van der Waals surface area (Å²) in [5.41, 5.74) is 3.11. The van der Waals surface area contributed by atoms with Gasteiger partial charge < -0.3 is 18.9 Å². The molecule has 4 aromatic rings. The van der Waals surface area contributed by atoms with Gasteiger partial charge in [-0.2, -0.15) is 0 Å². The third kappa shape index (κ3) is 5.28. The third-order valence-electron chi connectivity index (χ3n) is 6.58. The zero-order valence-electron chi connectivity index (χ0n) is 22.5. The molecule has 0 amide bonds. The molecule has 0 saturated heterocycles. The summed E-state index contributed by atoms with van der Waals surface area (Å²) in [6.45, 7) is 2.18. The molecule has 40 heavy (non-hydrogen) atoms. The van der Waals surface area contributed by atoms with E-state index in [1.807, 2.05) is 60.7 Å². The van der Waals surface area contributed by atoms with Crippen molar-refractivity contribution in [3.63, 3.8) is 0 Å². The number of esters is 1. The van der Waals surface area contributed by atoms with E-state index in [-0.39, 0.29) is 5.56 Å². The van der Waals surface area contributed by atoms with Gasteiger partial charge in [-0.15, -0.1) is 0 Å². The van der Waals surface area contributed by atoms with Gasteiger partial charge in [-0.05, 0) is 54.0 Å². The van der Waals surface area contributed by atoms with E-state index in [0.717, 1.165) is 16.7 Å². The van der Waals surface area contributed by atoms with Crippen molar-refractivity contribution in [2.75, 3.05) is 21.3 Å². The molecule has 0 N–H and O–H groups in total. The summed E-state index contributed by atoms with van der Waals surface area (Å²) in [4.78, 5) is 31.8. The summed E-state index contributed by atoms with van der Waals surface area (Å²) in [5, 5.41) is 0. The molecule has 1 aliphatic rings. The second-order valence-electron chi connectivity index (χ2n) is 9.03. The number of hydrogen-bond donors (Lipinski definition) is 0. The Labute approximate surface area is 235 Å². The van der Waals surface area contributed by atoms with Gasteiger partial charge in [0.05, 0.1) is 43.2 Å². The maximum Gasteiger partial charge on any atom is 0.338 e. The molecule has 0 spiro atoms. The highest BCUT2D eigenvalue weighted by atomic mass is 32.1. The lowest BCUT2D eigenvalue weighted by molar-refractivity contribution is -0.136. The van der Waals surface area contributed by atoms with Gasteiger partial charge >= 0.3 is 5.97 Å². The minimum absolute atomic E-state index is 0.262.